The van der Waals surface area contributed by atoms with E-state index >= 15 is 4.39 Å². The minimum atomic E-state index is -4.02. The summed E-state index contributed by atoms with van der Waals surface area (Å²) in [6.07, 6.45) is 8.14. The van der Waals surface area contributed by atoms with E-state index in [0.717, 1.165) is 58.3 Å². The smallest absolute Gasteiger partial charge is 0.264 e. The van der Waals surface area contributed by atoms with Gasteiger partial charge in [0.15, 0.2) is 0 Å². The van der Waals surface area contributed by atoms with Crippen molar-refractivity contribution >= 4 is 33.5 Å². The molecule has 0 spiro atoms. The number of alkyl halides is 2. The standard InChI is InChI=1S/C31H53ClFN5O6S/c32-24-18-34-31(35-19-24)36-12-10-22(11-13-36)4-3-14-44-27-9-6-23(28(33)17-27)16-30(40)38-21-25-7-8-26(38)20-37(25)29(39)5-1-2-15-45(41,42)43/h22-28,31,34-35H,1-21H2,(H,41,42,43). The molecule has 0 radical (unpaired) electrons. The maximum absolute atomic E-state index is 15.2. The molecule has 5 aliphatic heterocycles. The fraction of sp³-hybridized carbons (Fsp3) is 0.935. The molecule has 11 nitrogen and oxygen atoms in total. The van der Waals surface area contributed by atoms with Gasteiger partial charge in [-0.2, -0.15) is 8.42 Å². The third kappa shape index (κ3) is 10.2. The van der Waals surface area contributed by atoms with Crippen molar-refractivity contribution in [1.29, 1.82) is 0 Å². The Kier molecular flexibility index (Phi) is 12.8. The number of piperidine rings is 3. The lowest BCUT2D eigenvalue weighted by Crippen LogP contribution is -2.65. The number of fused-ring (bicyclic) bond motifs is 3. The lowest BCUT2D eigenvalue weighted by molar-refractivity contribution is -0.153. The van der Waals surface area contributed by atoms with Gasteiger partial charge in [0.2, 0.25) is 11.8 Å². The second-order valence-corrected chi connectivity index (χ2v) is 16.1. The number of hydrogen-bond donors (Lipinski definition) is 3. The first-order valence-electron chi connectivity index (χ1n) is 17.2. The molecular weight excluding hydrogens is 625 g/mol. The molecule has 3 N–H and O–H groups in total. The van der Waals surface area contributed by atoms with E-state index < -0.39 is 16.3 Å². The van der Waals surface area contributed by atoms with Gasteiger partial charge < -0.3 is 14.5 Å². The quantitative estimate of drug-likeness (QED) is 0.153. The Bertz CT molecular complexity index is 1090. The van der Waals surface area contributed by atoms with E-state index in [1.807, 2.05) is 9.80 Å². The summed E-state index contributed by atoms with van der Waals surface area (Å²) in [6.45, 7) is 5.46. The molecule has 1 saturated carbocycles. The molecule has 5 heterocycles. The number of carbonyl (C=O) groups excluding carboxylic acids is 2. The Hall–Kier alpha value is -1.09. The number of ether oxygens (including phenoxy) is 1. The molecular formula is C31H53ClFN5O6S. The van der Waals surface area contributed by atoms with Crippen LogP contribution in [0.15, 0.2) is 0 Å². The van der Waals surface area contributed by atoms with Gasteiger partial charge >= 0.3 is 0 Å². The Balaban J connectivity index is 0.943. The number of piperazine rings is 1. The molecule has 5 saturated heterocycles. The van der Waals surface area contributed by atoms with Gasteiger partial charge in [0.05, 0.1) is 17.2 Å². The lowest BCUT2D eigenvalue weighted by atomic mass is 9.82. The number of likely N-dealkylation sites (tertiary alicyclic amines) is 1. The molecule has 45 heavy (non-hydrogen) atoms. The van der Waals surface area contributed by atoms with E-state index in [9.17, 15) is 18.0 Å². The zero-order valence-corrected chi connectivity index (χ0v) is 28.0. The van der Waals surface area contributed by atoms with Crippen molar-refractivity contribution in [1.82, 2.24) is 25.3 Å². The largest absolute Gasteiger partial charge is 0.378 e. The number of hydrogen-bond acceptors (Lipinski definition) is 8. The molecule has 2 amide bonds. The molecule has 5 atom stereocenters. The summed E-state index contributed by atoms with van der Waals surface area (Å²) in [5.41, 5.74) is 0. The third-order valence-electron chi connectivity index (χ3n) is 10.7. The highest BCUT2D eigenvalue weighted by Gasteiger charge is 2.43. The van der Waals surface area contributed by atoms with Crippen molar-refractivity contribution in [2.24, 2.45) is 11.8 Å². The van der Waals surface area contributed by atoms with E-state index in [1.54, 1.807) is 0 Å². The SMILES string of the molecule is O=C(CCCCS(=O)(=O)O)N1CC2CCC1CN2C(=O)CC1CCC(OCCCC2CCN(C3NCC(Cl)CN3)CC2)CC1F. The minimum Gasteiger partial charge on any atom is -0.378 e. The van der Waals surface area contributed by atoms with Gasteiger partial charge in [-0.1, -0.05) is 0 Å². The molecule has 6 rings (SSSR count). The van der Waals surface area contributed by atoms with Crippen molar-refractivity contribution < 1.29 is 31.7 Å². The molecule has 2 bridgehead atoms. The van der Waals surface area contributed by atoms with Crippen molar-refractivity contribution in [2.75, 3.05) is 51.6 Å². The van der Waals surface area contributed by atoms with Gasteiger partial charge in [0.25, 0.3) is 10.1 Å². The first-order chi connectivity index (χ1) is 21.6. The van der Waals surface area contributed by atoms with Crippen LogP contribution in [0.25, 0.3) is 0 Å². The van der Waals surface area contributed by atoms with Crippen molar-refractivity contribution in [3.05, 3.63) is 0 Å². The summed E-state index contributed by atoms with van der Waals surface area (Å²) in [4.78, 5) is 32.2. The van der Waals surface area contributed by atoms with Crippen LogP contribution in [0.1, 0.15) is 83.5 Å². The van der Waals surface area contributed by atoms with Crippen LogP contribution in [0.3, 0.4) is 0 Å². The summed E-state index contributed by atoms with van der Waals surface area (Å²) in [6, 6.07) is -0.0931. The molecule has 0 aromatic carbocycles. The Labute approximate surface area is 273 Å². The Morgan fingerprint density at radius 3 is 2.20 bits per heavy atom. The zero-order chi connectivity index (χ0) is 32.0. The van der Waals surface area contributed by atoms with Crippen LogP contribution in [-0.2, 0) is 24.4 Å². The van der Waals surface area contributed by atoms with Crippen LogP contribution in [0.4, 0.5) is 4.39 Å². The van der Waals surface area contributed by atoms with Gasteiger partial charge in [0.1, 0.15) is 12.5 Å². The number of carbonyl (C=O) groups is 2. The fourth-order valence-electron chi connectivity index (χ4n) is 8.01. The molecule has 6 aliphatic rings. The van der Waals surface area contributed by atoms with Crippen LogP contribution < -0.4 is 10.6 Å². The maximum Gasteiger partial charge on any atom is 0.264 e. The van der Waals surface area contributed by atoms with Gasteiger partial charge in [-0.3, -0.25) is 29.7 Å². The Morgan fingerprint density at radius 1 is 0.911 bits per heavy atom. The lowest BCUT2D eigenvalue weighted by Gasteiger charge is -2.52. The monoisotopic (exact) mass is 677 g/mol. The van der Waals surface area contributed by atoms with E-state index in [1.165, 1.54) is 12.8 Å². The van der Waals surface area contributed by atoms with Crippen LogP contribution in [0.5, 0.6) is 0 Å². The van der Waals surface area contributed by atoms with Gasteiger partial charge in [-0.05, 0) is 76.0 Å². The predicted octanol–water partition coefficient (Wildman–Crippen LogP) is 2.74. The van der Waals surface area contributed by atoms with Crippen LogP contribution in [0.2, 0.25) is 0 Å². The van der Waals surface area contributed by atoms with Crippen LogP contribution >= 0.6 is 11.6 Å². The summed E-state index contributed by atoms with van der Waals surface area (Å²) >= 11 is 6.16. The number of amides is 2. The molecule has 0 aromatic heterocycles. The Morgan fingerprint density at radius 2 is 1.58 bits per heavy atom. The second kappa shape index (κ2) is 16.3. The maximum atomic E-state index is 15.2. The molecule has 5 unspecified atom stereocenters. The molecule has 14 heteroatoms. The van der Waals surface area contributed by atoms with Crippen molar-refractivity contribution in [3.63, 3.8) is 0 Å². The average molecular weight is 678 g/mol. The first-order valence-corrected chi connectivity index (χ1v) is 19.2. The van der Waals surface area contributed by atoms with Gasteiger partial charge in [-0.25, -0.2) is 4.39 Å². The number of nitrogens with one attached hydrogen (secondary N) is 2. The van der Waals surface area contributed by atoms with E-state index in [-0.39, 0.29) is 72.6 Å². The highest BCUT2D eigenvalue weighted by atomic mass is 35.5. The van der Waals surface area contributed by atoms with Gasteiger partial charge in [-0.15, -0.1) is 11.6 Å². The van der Waals surface area contributed by atoms with E-state index in [2.05, 4.69) is 15.5 Å². The highest BCUT2D eigenvalue weighted by Crippen LogP contribution is 2.35. The fourth-order valence-corrected chi connectivity index (χ4v) is 8.76. The number of rotatable bonds is 13. The number of halogens is 2. The molecule has 0 aromatic rings. The van der Waals surface area contributed by atoms with E-state index in [4.69, 9.17) is 20.9 Å². The summed E-state index contributed by atoms with van der Waals surface area (Å²) in [7, 11) is -4.02. The third-order valence-corrected chi connectivity index (χ3v) is 11.8. The molecule has 6 fully saturated rings. The van der Waals surface area contributed by atoms with Crippen LogP contribution in [0, 0.1) is 11.8 Å². The van der Waals surface area contributed by atoms with Gasteiger partial charge in [0, 0.05) is 77.2 Å². The van der Waals surface area contributed by atoms with Crippen molar-refractivity contribution in [3.8, 4) is 0 Å². The summed E-state index contributed by atoms with van der Waals surface area (Å²) < 4.78 is 52.0. The number of unbranched alkanes of at least 4 members (excludes halogenated alkanes) is 1. The summed E-state index contributed by atoms with van der Waals surface area (Å²) in [5, 5.41) is 7.11. The van der Waals surface area contributed by atoms with Crippen molar-refractivity contribution in [2.45, 2.75) is 119 Å². The highest BCUT2D eigenvalue weighted by molar-refractivity contribution is 7.85. The normalized spacial score (nSPS) is 33.4. The molecule has 258 valence electrons. The molecule has 1 aliphatic carbocycles. The van der Waals surface area contributed by atoms with E-state index in [0.29, 0.717) is 44.9 Å². The topological polar surface area (TPSA) is 132 Å². The number of nitrogens with zero attached hydrogens (tertiary/aromatic N) is 3. The minimum absolute atomic E-state index is 0.0127. The van der Waals surface area contributed by atoms with Crippen LogP contribution in [-0.4, -0.2) is 127 Å². The summed E-state index contributed by atoms with van der Waals surface area (Å²) in [5.74, 6) is 0.0349. The second-order valence-electron chi connectivity index (χ2n) is 13.9. The first kappa shape index (κ1) is 35.2. The predicted molar refractivity (Wildman–Crippen MR) is 170 cm³/mol. The average Bonchev–Trinajstić information content (AvgIpc) is 3.03. The zero-order valence-electron chi connectivity index (χ0n) is 26.5.